The van der Waals surface area contributed by atoms with Crippen molar-refractivity contribution in [3.8, 4) is 0 Å². The SMILES string of the molecule is CC(C)CC(CN)Nc1ncnc2c1CCC2. The lowest BCUT2D eigenvalue weighted by molar-refractivity contribution is 0.520. The summed E-state index contributed by atoms with van der Waals surface area (Å²) in [5.74, 6) is 1.65. The zero-order chi connectivity index (χ0) is 12.3. The molecular weight excluding hydrogens is 212 g/mol. The van der Waals surface area contributed by atoms with Crippen molar-refractivity contribution >= 4 is 5.82 Å². The van der Waals surface area contributed by atoms with E-state index in [1.807, 2.05) is 0 Å². The van der Waals surface area contributed by atoms with E-state index >= 15 is 0 Å². The highest BCUT2D eigenvalue weighted by atomic mass is 15.1. The molecule has 1 aromatic rings. The van der Waals surface area contributed by atoms with Crippen molar-refractivity contribution in [2.45, 2.75) is 45.6 Å². The van der Waals surface area contributed by atoms with Gasteiger partial charge in [-0.25, -0.2) is 9.97 Å². The van der Waals surface area contributed by atoms with E-state index in [9.17, 15) is 0 Å². The van der Waals surface area contributed by atoms with Crippen LogP contribution in [0.3, 0.4) is 0 Å². The standard InChI is InChI=1S/C13H22N4/c1-9(2)6-10(7-14)17-13-11-4-3-5-12(11)15-8-16-13/h8-10H,3-7,14H2,1-2H3,(H,15,16,17). The number of anilines is 1. The molecule has 1 aliphatic rings. The van der Waals surface area contributed by atoms with Gasteiger partial charge in [-0.1, -0.05) is 13.8 Å². The van der Waals surface area contributed by atoms with Crippen LogP contribution in [-0.4, -0.2) is 22.6 Å². The molecule has 17 heavy (non-hydrogen) atoms. The van der Waals surface area contributed by atoms with Gasteiger partial charge >= 0.3 is 0 Å². The lowest BCUT2D eigenvalue weighted by Crippen LogP contribution is -2.31. The van der Waals surface area contributed by atoms with Crippen LogP contribution in [0.1, 0.15) is 37.9 Å². The van der Waals surface area contributed by atoms with Gasteiger partial charge in [0.2, 0.25) is 0 Å². The Kier molecular flexibility index (Phi) is 3.94. The van der Waals surface area contributed by atoms with Crippen LogP contribution in [0.15, 0.2) is 6.33 Å². The van der Waals surface area contributed by atoms with Crippen molar-refractivity contribution in [1.82, 2.24) is 9.97 Å². The zero-order valence-corrected chi connectivity index (χ0v) is 10.7. The summed E-state index contributed by atoms with van der Waals surface area (Å²) >= 11 is 0. The summed E-state index contributed by atoms with van der Waals surface area (Å²) < 4.78 is 0. The lowest BCUT2D eigenvalue weighted by Gasteiger charge is -2.20. The average Bonchev–Trinajstić information content (AvgIpc) is 2.76. The topological polar surface area (TPSA) is 63.8 Å². The average molecular weight is 234 g/mol. The smallest absolute Gasteiger partial charge is 0.133 e. The van der Waals surface area contributed by atoms with Gasteiger partial charge in [0.05, 0.1) is 0 Å². The summed E-state index contributed by atoms with van der Waals surface area (Å²) in [4.78, 5) is 8.70. The Morgan fingerprint density at radius 3 is 2.88 bits per heavy atom. The molecule has 1 aliphatic carbocycles. The molecule has 1 heterocycles. The molecule has 0 aromatic carbocycles. The monoisotopic (exact) mass is 234 g/mol. The van der Waals surface area contributed by atoms with Gasteiger partial charge in [-0.2, -0.15) is 0 Å². The highest BCUT2D eigenvalue weighted by Gasteiger charge is 2.19. The van der Waals surface area contributed by atoms with E-state index in [1.165, 1.54) is 17.7 Å². The molecule has 94 valence electrons. The van der Waals surface area contributed by atoms with Crippen LogP contribution in [0.25, 0.3) is 0 Å². The molecule has 0 radical (unpaired) electrons. The summed E-state index contributed by atoms with van der Waals surface area (Å²) in [6.07, 6.45) is 6.12. The van der Waals surface area contributed by atoms with E-state index in [4.69, 9.17) is 5.73 Å². The molecule has 0 amide bonds. The van der Waals surface area contributed by atoms with E-state index in [0.29, 0.717) is 18.5 Å². The van der Waals surface area contributed by atoms with Crippen LogP contribution in [0.4, 0.5) is 5.82 Å². The molecular formula is C13H22N4. The molecule has 0 saturated carbocycles. The van der Waals surface area contributed by atoms with Crippen molar-refractivity contribution in [3.05, 3.63) is 17.6 Å². The highest BCUT2D eigenvalue weighted by Crippen LogP contribution is 2.25. The molecule has 0 spiro atoms. The van der Waals surface area contributed by atoms with Gasteiger partial charge in [0.15, 0.2) is 0 Å². The number of fused-ring (bicyclic) bond motifs is 1. The summed E-state index contributed by atoms with van der Waals surface area (Å²) in [7, 11) is 0. The van der Waals surface area contributed by atoms with Crippen LogP contribution in [-0.2, 0) is 12.8 Å². The predicted molar refractivity (Wildman–Crippen MR) is 70.0 cm³/mol. The number of aryl methyl sites for hydroxylation is 1. The van der Waals surface area contributed by atoms with E-state index < -0.39 is 0 Å². The molecule has 0 bridgehead atoms. The highest BCUT2D eigenvalue weighted by molar-refractivity contribution is 5.48. The van der Waals surface area contributed by atoms with Gasteiger partial charge < -0.3 is 11.1 Å². The Morgan fingerprint density at radius 2 is 2.18 bits per heavy atom. The zero-order valence-electron chi connectivity index (χ0n) is 10.7. The van der Waals surface area contributed by atoms with E-state index in [2.05, 4.69) is 29.1 Å². The summed E-state index contributed by atoms with van der Waals surface area (Å²) in [6, 6.07) is 0.314. The largest absolute Gasteiger partial charge is 0.366 e. The van der Waals surface area contributed by atoms with Crippen molar-refractivity contribution in [1.29, 1.82) is 0 Å². The fourth-order valence-corrected chi connectivity index (χ4v) is 2.46. The maximum Gasteiger partial charge on any atom is 0.133 e. The molecule has 4 nitrogen and oxygen atoms in total. The third kappa shape index (κ3) is 2.94. The number of nitrogens with zero attached hydrogens (tertiary/aromatic N) is 2. The van der Waals surface area contributed by atoms with Crippen LogP contribution < -0.4 is 11.1 Å². The molecule has 3 N–H and O–H groups in total. The molecule has 4 heteroatoms. The summed E-state index contributed by atoms with van der Waals surface area (Å²) in [5, 5.41) is 3.48. The van der Waals surface area contributed by atoms with Crippen molar-refractivity contribution in [3.63, 3.8) is 0 Å². The Bertz CT molecular complexity index is 376. The van der Waals surface area contributed by atoms with Gasteiger partial charge in [0, 0.05) is 23.8 Å². The van der Waals surface area contributed by atoms with Crippen molar-refractivity contribution in [2.75, 3.05) is 11.9 Å². The second kappa shape index (κ2) is 5.45. The summed E-state index contributed by atoms with van der Waals surface area (Å²) in [5.41, 5.74) is 8.32. The number of rotatable bonds is 5. The number of nitrogens with one attached hydrogen (secondary N) is 1. The first-order valence-corrected chi connectivity index (χ1v) is 6.50. The third-order valence-electron chi connectivity index (χ3n) is 3.26. The second-order valence-corrected chi connectivity index (χ2v) is 5.21. The number of nitrogens with two attached hydrogens (primary N) is 1. The molecule has 1 aromatic heterocycles. The van der Waals surface area contributed by atoms with Crippen LogP contribution in [0.5, 0.6) is 0 Å². The van der Waals surface area contributed by atoms with Gasteiger partial charge in [-0.15, -0.1) is 0 Å². The second-order valence-electron chi connectivity index (χ2n) is 5.21. The van der Waals surface area contributed by atoms with Gasteiger partial charge in [-0.05, 0) is 31.6 Å². The third-order valence-corrected chi connectivity index (χ3v) is 3.26. The first-order valence-electron chi connectivity index (χ1n) is 6.50. The van der Waals surface area contributed by atoms with Crippen LogP contribution in [0.2, 0.25) is 0 Å². The maximum absolute atomic E-state index is 5.81. The fourth-order valence-electron chi connectivity index (χ4n) is 2.46. The van der Waals surface area contributed by atoms with Crippen molar-refractivity contribution < 1.29 is 0 Å². The first-order chi connectivity index (χ1) is 8.20. The van der Waals surface area contributed by atoms with Crippen molar-refractivity contribution in [2.24, 2.45) is 11.7 Å². The van der Waals surface area contributed by atoms with Crippen LogP contribution in [0, 0.1) is 5.92 Å². The lowest BCUT2D eigenvalue weighted by atomic mass is 10.0. The Balaban J connectivity index is 2.10. The first kappa shape index (κ1) is 12.3. The fraction of sp³-hybridized carbons (Fsp3) is 0.692. The normalized spacial score (nSPS) is 16.0. The number of hydrogen-bond donors (Lipinski definition) is 2. The van der Waals surface area contributed by atoms with Gasteiger partial charge in [0.25, 0.3) is 0 Å². The Hall–Kier alpha value is -1.16. The number of aromatic nitrogens is 2. The number of hydrogen-bond acceptors (Lipinski definition) is 4. The summed E-state index contributed by atoms with van der Waals surface area (Å²) in [6.45, 7) is 5.08. The Labute approximate surface area is 103 Å². The molecule has 0 fully saturated rings. The maximum atomic E-state index is 5.81. The molecule has 2 rings (SSSR count). The predicted octanol–water partition coefficient (Wildman–Crippen LogP) is 1.75. The molecule has 0 aliphatic heterocycles. The minimum atomic E-state index is 0.314. The van der Waals surface area contributed by atoms with Crippen LogP contribution >= 0.6 is 0 Å². The van der Waals surface area contributed by atoms with E-state index in [-0.39, 0.29) is 0 Å². The van der Waals surface area contributed by atoms with Gasteiger partial charge in [0.1, 0.15) is 12.1 Å². The molecule has 1 atom stereocenters. The van der Waals surface area contributed by atoms with E-state index in [1.54, 1.807) is 6.33 Å². The quantitative estimate of drug-likeness (QED) is 0.814. The van der Waals surface area contributed by atoms with E-state index in [0.717, 1.165) is 25.1 Å². The minimum absolute atomic E-state index is 0.314. The van der Waals surface area contributed by atoms with Gasteiger partial charge in [-0.3, -0.25) is 0 Å². The minimum Gasteiger partial charge on any atom is -0.366 e. The molecule has 0 saturated heterocycles. The molecule has 1 unspecified atom stereocenters. The Morgan fingerprint density at radius 1 is 1.35 bits per heavy atom.